The molecule has 2 aromatic carbocycles. The number of thiazole rings is 1. The van der Waals surface area contributed by atoms with Crippen LogP contribution in [0.15, 0.2) is 60.0 Å². The van der Waals surface area contributed by atoms with E-state index < -0.39 is 0 Å². The van der Waals surface area contributed by atoms with Crippen molar-refractivity contribution in [3.63, 3.8) is 0 Å². The fourth-order valence-corrected chi connectivity index (χ4v) is 3.75. The molecule has 2 heterocycles. The van der Waals surface area contributed by atoms with Gasteiger partial charge in [-0.1, -0.05) is 23.7 Å². The van der Waals surface area contributed by atoms with Gasteiger partial charge in [-0.3, -0.25) is 4.79 Å². The van der Waals surface area contributed by atoms with Crippen molar-refractivity contribution in [1.29, 1.82) is 0 Å². The first kappa shape index (κ1) is 19.3. The Morgan fingerprint density at radius 3 is 2.62 bits per heavy atom. The maximum atomic E-state index is 13.1. The number of aromatic nitrogens is 3. The molecular weight excluding hydrogens is 411 g/mol. The van der Waals surface area contributed by atoms with Gasteiger partial charge in [0.2, 0.25) is 11.0 Å². The Balaban J connectivity index is 1.54. The molecule has 0 saturated heterocycles. The van der Waals surface area contributed by atoms with E-state index in [1.165, 1.54) is 23.5 Å². The molecule has 5 nitrogen and oxygen atoms in total. The number of carbonyl (C=O) groups is 1. The summed E-state index contributed by atoms with van der Waals surface area (Å²) in [5, 5.41) is 10.5. The van der Waals surface area contributed by atoms with Gasteiger partial charge < -0.3 is 5.32 Å². The first-order valence-electron chi connectivity index (χ1n) is 8.81. The molecule has 146 valence electrons. The maximum Gasteiger partial charge on any atom is 0.229 e. The smallest absolute Gasteiger partial charge is 0.229 e. The number of carbonyl (C=O) groups excluding carboxylic acids is 1. The fraction of sp³-hybridized carbons (Fsp3) is 0.0952. The molecule has 0 atom stereocenters. The molecule has 0 spiro atoms. The van der Waals surface area contributed by atoms with Crippen LogP contribution in [-0.2, 0) is 11.2 Å². The fourth-order valence-electron chi connectivity index (χ4n) is 2.82. The largest absolute Gasteiger partial charge is 0.310 e. The van der Waals surface area contributed by atoms with E-state index in [4.69, 9.17) is 11.6 Å². The minimum Gasteiger partial charge on any atom is -0.310 e. The van der Waals surface area contributed by atoms with Crippen LogP contribution >= 0.6 is 22.9 Å². The summed E-state index contributed by atoms with van der Waals surface area (Å²) in [6, 6.07) is 15.1. The van der Waals surface area contributed by atoms with Crippen LogP contribution in [0.25, 0.3) is 16.4 Å². The van der Waals surface area contributed by atoms with Crippen molar-refractivity contribution in [3.05, 3.63) is 82.1 Å². The van der Waals surface area contributed by atoms with Gasteiger partial charge in [-0.15, -0.1) is 11.3 Å². The number of hydrogen-bond acceptors (Lipinski definition) is 4. The third-order valence-electron chi connectivity index (χ3n) is 4.19. The number of rotatable bonds is 5. The summed E-state index contributed by atoms with van der Waals surface area (Å²) < 4.78 is 14.8. The lowest BCUT2D eigenvalue weighted by atomic mass is 10.1. The van der Waals surface area contributed by atoms with Gasteiger partial charge in [0.25, 0.3) is 0 Å². The standard InChI is InChI=1S/C21H16ClFN4OS/c1-13-10-19(25-20(28)11-14-2-6-16(22)7-3-14)27(26-13)21-24-18(12-29-21)15-4-8-17(23)9-5-15/h2-10,12H,11H2,1H3,(H,25,28). The second kappa shape index (κ2) is 8.14. The summed E-state index contributed by atoms with van der Waals surface area (Å²) in [6.45, 7) is 1.85. The highest BCUT2D eigenvalue weighted by Gasteiger charge is 2.15. The molecule has 29 heavy (non-hydrogen) atoms. The summed E-state index contributed by atoms with van der Waals surface area (Å²) >= 11 is 7.28. The predicted molar refractivity (Wildman–Crippen MR) is 113 cm³/mol. The summed E-state index contributed by atoms with van der Waals surface area (Å²) in [5.41, 5.74) is 3.15. The Bertz CT molecular complexity index is 1150. The summed E-state index contributed by atoms with van der Waals surface area (Å²) in [6.07, 6.45) is 0.222. The predicted octanol–water partition coefficient (Wildman–Crippen LogP) is 5.28. The van der Waals surface area contributed by atoms with Crippen molar-refractivity contribution in [2.24, 2.45) is 0 Å². The zero-order valence-corrected chi connectivity index (χ0v) is 17.0. The van der Waals surface area contributed by atoms with Crippen molar-refractivity contribution >= 4 is 34.7 Å². The Kier molecular flexibility index (Phi) is 5.42. The highest BCUT2D eigenvalue weighted by molar-refractivity contribution is 7.12. The molecule has 0 aliphatic carbocycles. The second-order valence-electron chi connectivity index (χ2n) is 6.46. The molecule has 0 aliphatic rings. The van der Waals surface area contributed by atoms with Gasteiger partial charge in [-0.25, -0.2) is 9.37 Å². The monoisotopic (exact) mass is 426 g/mol. The summed E-state index contributed by atoms with van der Waals surface area (Å²) in [7, 11) is 0. The van der Waals surface area contributed by atoms with Crippen molar-refractivity contribution in [1.82, 2.24) is 14.8 Å². The molecule has 0 aliphatic heterocycles. The van der Waals surface area contributed by atoms with Crippen LogP contribution in [0.1, 0.15) is 11.3 Å². The zero-order chi connectivity index (χ0) is 20.4. The van der Waals surface area contributed by atoms with E-state index in [1.807, 2.05) is 24.4 Å². The molecule has 4 aromatic rings. The number of nitrogens with one attached hydrogen (secondary N) is 1. The summed E-state index contributed by atoms with van der Waals surface area (Å²) in [4.78, 5) is 17.1. The number of aryl methyl sites for hydroxylation is 1. The molecule has 0 saturated carbocycles. The van der Waals surface area contributed by atoms with Crippen LogP contribution in [0.2, 0.25) is 5.02 Å². The normalized spacial score (nSPS) is 10.9. The number of amides is 1. The molecule has 1 amide bonds. The third-order valence-corrected chi connectivity index (χ3v) is 5.26. The first-order valence-corrected chi connectivity index (χ1v) is 10.1. The van der Waals surface area contributed by atoms with Gasteiger partial charge in [-0.2, -0.15) is 9.78 Å². The topological polar surface area (TPSA) is 59.8 Å². The first-order chi connectivity index (χ1) is 14.0. The summed E-state index contributed by atoms with van der Waals surface area (Å²) in [5.74, 6) is 0.0860. The molecule has 0 fully saturated rings. The second-order valence-corrected chi connectivity index (χ2v) is 7.73. The molecule has 0 radical (unpaired) electrons. The number of halogens is 2. The minimum atomic E-state index is -0.294. The Hall–Kier alpha value is -3.03. The average molecular weight is 427 g/mol. The number of nitrogens with zero attached hydrogens (tertiary/aromatic N) is 3. The van der Waals surface area contributed by atoms with E-state index in [1.54, 1.807) is 35.0 Å². The lowest BCUT2D eigenvalue weighted by molar-refractivity contribution is -0.115. The Morgan fingerprint density at radius 2 is 1.90 bits per heavy atom. The maximum absolute atomic E-state index is 13.1. The van der Waals surface area contributed by atoms with Crippen LogP contribution < -0.4 is 5.32 Å². The lowest BCUT2D eigenvalue weighted by Crippen LogP contribution is -2.17. The van der Waals surface area contributed by atoms with Crippen molar-refractivity contribution in [2.45, 2.75) is 13.3 Å². The molecule has 1 N–H and O–H groups in total. The van der Waals surface area contributed by atoms with Crippen LogP contribution in [0.5, 0.6) is 0 Å². The van der Waals surface area contributed by atoms with Gasteiger partial charge in [0.1, 0.15) is 11.6 Å². The number of hydrogen-bond donors (Lipinski definition) is 1. The zero-order valence-electron chi connectivity index (χ0n) is 15.4. The van der Waals surface area contributed by atoms with Crippen LogP contribution in [-0.4, -0.2) is 20.7 Å². The quantitative estimate of drug-likeness (QED) is 0.472. The lowest BCUT2D eigenvalue weighted by Gasteiger charge is -2.07. The van der Waals surface area contributed by atoms with E-state index in [0.717, 1.165) is 22.5 Å². The van der Waals surface area contributed by atoms with E-state index in [9.17, 15) is 9.18 Å². The van der Waals surface area contributed by atoms with Crippen molar-refractivity contribution in [2.75, 3.05) is 5.32 Å². The third kappa shape index (κ3) is 4.52. The molecule has 4 rings (SSSR count). The van der Waals surface area contributed by atoms with Crippen molar-refractivity contribution in [3.8, 4) is 16.4 Å². The van der Waals surface area contributed by atoms with Gasteiger partial charge in [-0.05, 0) is 48.9 Å². The van der Waals surface area contributed by atoms with Gasteiger partial charge in [0, 0.05) is 22.0 Å². The van der Waals surface area contributed by atoms with Crippen LogP contribution in [0.3, 0.4) is 0 Å². The van der Waals surface area contributed by atoms with Crippen LogP contribution in [0, 0.1) is 12.7 Å². The van der Waals surface area contributed by atoms with E-state index >= 15 is 0 Å². The molecule has 0 unspecified atom stereocenters. The highest BCUT2D eigenvalue weighted by atomic mass is 35.5. The van der Waals surface area contributed by atoms with Crippen LogP contribution in [0.4, 0.5) is 10.2 Å². The number of benzene rings is 2. The van der Waals surface area contributed by atoms with Gasteiger partial charge in [0.15, 0.2) is 0 Å². The SMILES string of the molecule is Cc1cc(NC(=O)Cc2ccc(Cl)cc2)n(-c2nc(-c3ccc(F)cc3)cs2)n1. The van der Waals surface area contributed by atoms with Crippen molar-refractivity contribution < 1.29 is 9.18 Å². The average Bonchev–Trinajstić information content (AvgIpc) is 3.31. The van der Waals surface area contributed by atoms with Gasteiger partial charge >= 0.3 is 0 Å². The Labute approximate surface area is 175 Å². The van der Waals surface area contributed by atoms with Gasteiger partial charge in [0.05, 0.1) is 17.8 Å². The van der Waals surface area contributed by atoms with E-state index in [2.05, 4.69) is 15.4 Å². The molecule has 8 heteroatoms. The highest BCUT2D eigenvalue weighted by Crippen LogP contribution is 2.26. The molecule has 2 aromatic heterocycles. The molecular formula is C21H16ClFN4OS. The minimum absolute atomic E-state index is 0.163. The van der Waals surface area contributed by atoms with E-state index in [-0.39, 0.29) is 18.1 Å². The van der Waals surface area contributed by atoms with E-state index in [0.29, 0.717) is 16.0 Å². The molecule has 0 bridgehead atoms. The Morgan fingerprint density at radius 1 is 1.17 bits per heavy atom. The number of anilines is 1.